The number of aromatic nitrogens is 2. The van der Waals surface area contributed by atoms with Crippen LogP contribution in [0.5, 0.6) is 5.75 Å². The van der Waals surface area contributed by atoms with Crippen molar-refractivity contribution in [1.29, 1.82) is 0 Å². The molecule has 0 bridgehead atoms. The summed E-state index contributed by atoms with van der Waals surface area (Å²) >= 11 is 0. The number of amides is 2. The van der Waals surface area contributed by atoms with Gasteiger partial charge in [-0.15, -0.1) is 0 Å². The summed E-state index contributed by atoms with van der Waals surface area (Å²) in [6.07, 6.45) is 0. The average molecular weight is 388 g/mol. The van der Waals surface area contributed by atoms with E-state index in [0.717, 1.165) is 11.4 Å². The number of aryl methyl sites for hydroxylation is 1. The van der Waals surface area contributed by atoms with Crippen molar-refractivity contribution in [3.05, 3.63) is 41.7 Å². The lowest BCUT2D eigenvalue weighted by atomic mass is 10.2. The minimum absolute atomic E-state index is 0.0559. The predicted octanol–water partition coefficient (Wildman–Crippen LogP) is 1.24. The Kier molecular flexibility index (Phi) is 6.75. The zero-order valence-corrected chi connectivity index (χ0v) is 16.3. The minimum atomic E-state index is -1.14. The molecule has 9 nitrogen and oxygen atoms in total. The second-order valence-corrected chi connectivity index (χ2v) is 6.28. The summed E-state index contributed by atoms with van der Waals surface area (Å²) in [7, 11) is 1.57. The van der Waals surface area contributed by atoms with Crippen LogP contribution in [0.2, 0.25) is 0 Å². The van der Waals surface area contributed by atoms with Crippen LogP contribution in [0, 0.1) is 6.92 Å². The van der Waals surface area contributed by atoms with Crippen LogP contribution < -0.4 is 10.1 Å². The van der Waals surface area contributed by atoms with E-state index in [4.69, 9.17) is 4.74 Å². The van der Waals surface area contributed by atoms with E-state index in [1.165, 1.54) is 18.7 Å². The molecular weight excluding hydrogens is 364 g/mol. The zero-order chi connectivity index (χ0) is 20.8. The van der Waals surface area contributed by atoms with Crippen LogP contribution in [0.3, 0.4) is 0 Å². The largest absolute Gasteiger partial charge is 0.497 e. The molecule has 0 aliphatic rings. The smallest absolute Gasteiger partial charge is 0.326 e. The van der Waals surface area contributed by atoms with Gasteiger partial charge < -0.3 is 20.1 Å². The molecule has 2 rings (SSSR count). The summed E-state index contributed by atoms with van der Waals surface area (Å²) in [4.78, 5) is 36.6. The van der Waals surface area contributed by atoms with E-state index in [-0.39, 0.29) is 24.7 Å². The molecule has 9 heteroatoms. The highest BCUT2D eigenvalue weighted by molar-refractivity contribution is 5.95. The molecule has 0 fully saturated rings. The third-order valence-corrected chi connectivity index (χ3v) is 4.24. The number of aliphatic carboxylic acids is 1. The number of carbonyl (C=O) groups is 3. The van der Waals surface area contributed by atoms with Crippen LogP contribution in [-0.2, 0) is 9.59 Å². The summed E-state index contributed by atoms with van der Waals surface area (Å²) in [5.74, 6) is -1.21. The van der Waals surface area contributed by atoms with Crippen LogP contribution in [0.25, 0.3) is 5.69 Å². The summed E-state index contributed by atoms with van der Waals surface area (Å²) in [5, 5.41) is 16.2. The monoisotopic (exact) mass is 388 g/mol. The summed E-state index contributed by atoms with van der Waals surface area (Å²) in [6.45, 7) is 4.78. The van der Waals surface area contributed by atoms with E-state index in [9.17, 15) is 19.5 Å². The zero-order valence-electron chi connectivity index (χ0n) is 16.3. The van der Waals surface area contributed by atoms with E-state index in [1.807, 2.05) is 12.1 Å². The van der Waals surface area contributed by atoms with Crippen LogP contribution in [0.15, 0.2) is 30.3 Å². The molecule has 0 saturated heterocycles. The number of hydrogen-bond acceptors (Lipinski definition) is 5. The van der Waals surface area contributed by atoms with E-state index in [1.54, 1.807) is 36.9 Å². The van der Waals surface area contributed by atoms with Gasteiger partial charge in [0, 0.05) is 25.7 Å². The fourth-order valence-electron chi connectivity index (χ4n) is 2.67. The number of nitrogens with zero attached hydrogens (tertiary/aromatic N) is 3. The lowest BCUT2D eigenvalue weighted by molar-refractivity contribution is -0.141. The molecule has 2 aromatic rings. The molecule has 0 radical (unpaired) electrons. The molecule has 2 N–H and O–H groups in total. The summed E-state index contributed by atoms with van der Waals surface area (Å²) < 4.78 is 6.74. The van der Waals surface area contributed by atoms with Gasteiger partial charge in [0.1, 0.15) is 11.8 Å². The molecule has 1 atom stereocenters. The molecule has 0 saturated carbocycles. The molecule has 28 heavy (non-hydrogen) atoms. The molecule has 2 amide bonds. The standard InChI is InChI=1S/C19H24N4O5/c1-12-11-17(21-23(12)15-5-7-16(28-4)8-6-15)18(25)22(13(2)19(26)27)10-9-20-14(3)24/h5-8,11,13H,9-10H2,1-4H3,(H,20,24)(H,26,27). The number of rotatable bonds is 8. The van der Waals surface area contributed by atoms with Crippen LogP contribution in [-0.4, -0.2) is 63.8 Å². The van der Waals surface area contributed by atoms with E-state index in [2.05, 4.69) is 10.4 Å². The predicted molar refractivity (Wildman–Crippen MR) is 102 cm³/mol. The highest BCUT2D eigenvalue weighted by atomic mass is 16.5. The number of methoxy groups -OCH3 is 1. The molecule has 0 spiro atoms. The fraction of sp³-hybridized carbons (Fsp3) is 0.368. The Morgan fingerprint density at radius 3 is 2.46 bits per heavy atom. The van der Waals surface area contributed by atoms with Gasteiger partial charge in [0.25, 0.3) is 5.91 Å². The number of ether oxygens (including phenoxy) is 1. The van der Waals surface area contributed by atoms with Crippen molar-refractivity contribution in [2.45, 2.75) is 26.8 Å². The first-order chi connectivity index (χ1) is 13.2. The highest BCUT2D eigenvalue weighted by Gasteiger charge is 2.28. The Morgan fingerprint density at radius 1 is 1.29 bits per heavy atom. The van der Waals surface area contributed by atoms with Crippen molar-refractivity contribution in [2.75, 3.05) is 20.2 Å². The van der Waals surface area contributed by atoms with Gasteiger partial charge in [0.2, 0.25) is 5.91 Å². The van der Waals surface area contributed by atoms with Gasteiger partial charge in [-0.05, 0) is 44.2 Å². The van der Waals surface area contributed by atoms with Gasteiger partial charge in [-0.2, -0.15) is 5.10 Å². The molecule has 1 unspecified atom stereocenters. The maximum absolute atomic E-state index is 12.9. The first kappa shape index (κ1) is 20.9. The Bertz CT molecular complexity index is 860. The van der Waals surface area contributed by atoms with Gasteiger partial charge in [-0.3, -0.25) is 9.59 Å². The number of nitrogens with one attached hydrogen (secondary N) is 1. The molecular formula is C19H24N4O5. The third-order valence-electron chi connectivity index (χ3n) is 4.24. The Hall–Kier alpha value is -3.36. The lowest BCUT2D eigenvalue weighted by Crippen LogP contribution is -2.46. The maximum atomic E-state index is 12.9. The molecule has 1 aromatic carbocycles. The summed E-state index contributed by atoms with van der Waals surface area (Å²) in [6, 6.07) is 7.72. The van der Waals surface area contributed by atoms with E-state index < -0.39 is 17.9 Å². The average Bonchev–Trinajstić information content (AvgIpc) is 3.05. The Balaban J connectivity index is 2.28. The second kappa shape index (κ2) is 9.03. The van der Waals surface area contributed by atoms with Gasteiger partial charge >= 0.3 is 5.97 Å². The maximum Gasteiger partial charge on any atom is 0.326 e. The first-order valence-corrected chi connectivity index (χ1v) is 8.74. The number of carboxylic acids is 1. The minimum Gasteiger partial charge on any atom is -0.497 e. The first-order valence-electron chi connectivity index (χ1n) is 8.74. The van der Waals surface area contributed by atoms with E-state index in [0.29, 0.717) is 5.75 Å². The van der Waals surface area contributed by atoms with Crippen molar-refractivity contribution in [1.82, 2.24) is 20.0 Å². The fourth-order valence-corrected chi connectivity index (χ4v) is 2.67. The Labute approximate surface area is 162 Å². The van der Waals surface area contributed by atoms with E-state index >= 15 is 0 Å². The SMILES string of the molecule is COc1ccc(-n2nc(C(=O)N(CCNC(C)=O)C(C)C(=O)O)cc2C)cc1. The van der Waals surface area contributed by atoms with Crippen molar-refractivity contribution in [3.63, 3.8) is 0 Å². The Morgan fingerprint density at radius 2 is 1.93 bits per heavy atom. The van der Waals surface area contributed by atoms with Gasteiger partial charge in [0.05, 0.1) is 12.8 Å². The molecule has 1 aromatic heterocycles. The third kappa shape index (κ3) is 4.87. The van der Waals surface area contributed by atoms with Gasteiger partial charge in [0.15, 0.2) is 5.69 Å². The molecule has 1 heterocycles. The number of hydrogen-bond donors (Lipinski definition) is 2. The van der Waals surface area contributed by atoms with Crippen molar-refractivity contribution < 1.29 is 24.2 Å². The highest BCUT2D eigenvalue weighted by Crippen LogP contribution is 2.18. The number of benzene rings is 1. The van der Waals surface area contributed by atoms with Crippen molar-refractivity contribution >= 4 is 17.8 Å². The second-order valence-electron chi connectivity index (χ2n) is 6.28. The van der Waals surface area contributed by atoms with Crippen molar-refractivity contribution in [2.24, 2.45) is 0 Å². The topological polar surface area (TPSA) is 114 Å². The molecule has 150 valence electrons. The summed E-state index contributed by atoms with van der Waals surface area (Å²) in [5.41, 5.74) is 1.59. The number of carbonyl (C=O) groups excluding carboxylic acids is 2. The number of carboxylic acid groups (broad SMARTS) is 1. The quantitative estimate of drug-likeness (QED) is 0.703. The van der Waals surface area contributed by atoms with Gasteiger partial charge in [-0.1, -0.05) is 0 Å². The van der Waals surface area contributed by atoms with Crippen LogP contribution in [0.4, 0.5) is 0 Å². The lowest BCUT2D eigenvalue weighted by Gasteiger charge is -2.25. The van der Waals surface area contributed by atoms with Crippen LogP contribution >= 0.6 is 0 Å². The normalized spacial score (nSPS) is 11.6. The van der Waals surface area contributed by atoms with Crippen LogP contribution in [0.1, 0.15) is 30.0 Å². The van der Waals surface area contributed by atoms with Crippen molar-refractivity contribution in [3.8, 4) is 11.4 Å². The molecule has 0 aliphatic carbocycles. The van der Waals surface area contributed by atoms with Gasteiger partial charge in [-0.25, -0.2) is 9.48 Å². The molecule has 0 aliphatic heterocycles.